The van der Waals surface area contributed by atoms with Crippen molar-refractivity contribution in [2.45, 2.75) is 25.9 Å². The van der Waals surface area contributed by atoms with Gasteiger partial charge in [-0.1, -0.05) is 6.07 Å². The van der Waals surface area contributed by atoms with Crippen molar-refractivity contribution in [2.75, 3.05) is 54.1 Å². The molecule has 1 aliphatic rings. The third-order valence-corrected chi connectivity index (χ3v) is 4.39. The molecule has 2 N–H and O–H groups in total. The van der Waals surface area contributed by atoms with Crippen LogP contribution in [0.15, 0.2) is 23.2 Å². The first-order valence-corrected chi connectivity index (χ1v) is 9.10. The van der Waals surface area contributed by atoms with E-state index in [1.54, 1.807) is 21.3 Å². The maximum Gasteiger partial charge on any atom is 0.191 e. The Morgan fingerprint density at radius 2 is 1.85 bits per heavy atom. The Bertz CT molecular complexity index is 592. The third-order valence-electron chi connectivity index (χ3n) is 4.39. The van der Waals surface area contributed by atoms with E-state index in [1.807, 2.05) is 6.07 Å². The molecule has 154 valence electrons. The molecule has 7 nitrogen and oxygen atoms in total. The molecule has 1 fully saturated rings. The zero-order valence-corrected chi connectivity index (χ0v) is 19.3. The molecule has 1 aromatic carbocycles. The number of halogens is 1. The van der Waals surface area contributed by atoms with Gasteiger partial charge in [0.25, 0.3) is 0 Å². The lowest BCUT2D eigenvalue weighted by atomic mass is 10.0. The van der Waals surface area contributed by atoms with Crippen LogP contribution in [-0.4, -0.2) is 71.0 Å². The minimum absolute atomic E-state index is 0. The highest BCUT2D eigenvalue weighted by Crippen LogP contribution is 2.32. The van der Waals surface area contributed by atoms with Crippen LogP contribution in [0, 0.1) is 0 Å². The maximum absolute atomic E-state index is 5.52. The highest BCUT2D eigenvalue weighted by molar-refractivity contribution is 14.0. The zero-order valence-electron chi connectivity index (χ0n) is 16.9. The van der Waals surface area contributed by atoms with E-state index < -0.39 is 0 Å². The summed E-state index contributed by atoms with van der Waals surface area (Å²) in [5.74, 6) is 2.29. The Morgan fingerprint density at radius 3 is 2.41 bits per heavy atom. The Hall–Kier alpha value is -1.26. The SMILES string of the molecule is CN=C(NCC(c1ccc(OC)c(OC)c1)N1CCOCC1)NC(C)C.I. The molecule has 1 aromatic rings. The van der Waals surface area contributed by atoms with Gasteiger partial charge in [-0.15, -0.1) is 24.0 Å². The maximum atomic E-state index is 5.52. The number of nitrogens with one attached hydrogen (secondary N) is 2. The van der Waals surface area contributed by atoms with E-state index in [4.69, 9.17) is 14.2 Å². The highest BCUT2D eigenvalue weighted by atomic mass is 127. The number of hydrogen-bond donors (Lipinski definition) is 2. The van der Waals surface area contributed by atoms with Crippen molar-refractivity contribution < 1.29 is 14.2 Å². The fourth-order valence-electron chi connectivity index (χ4n) is 3.07. The quantitative estimate of drug-likeness (QED) is 0.346. The summed E-state index contributed by atoms with van der Waals surface area (Å²) in [4.78, 5) is 6.74. The number of morpholine rings is 1. The summed E-state index contributed by atoms with van der Waals surface area (Å²) < 4.78 is 16.4. The van der Waals surface area contributed by atoms with Crippen LogP contribution in [0.5, 0.6) is 11.5 Å². The highest BCUT2D eigenvalue weighted by Gasteiger charge is 2.24. The van der Waals surface area contributed by atoms with Crippen molar-refractivity contribution in [2.24, 2.45) is 4.99 Å². The van der Waals surface area contributed by atoms with E-state index in [9.17, 15) is 0 Å². The van der Waals surface area contributed by atoms with Crippen molar-refractivity contribution in [3.8, 4) is 11.5 Å². The second-order valence-electron chi connectivity index (χ2n) is 6.53. The topological polar surface area (TPSA) is 67.4 Å². The lowest BCUT2D eigenvalue weighted by Gasteiger charge is -2.35. The number of methoxy groups -OCH3 is 2. The van der Waals surface area contributed by atoms with Crippen LogP contribution in [0.4, 0.5) is 0 Å². The van der Waals surface area contributed by atoms with Crippen LogP contribution in [0.2, 0.25) is 0 Å². The van der Waals surface area contributed by atoms with E-state index in [0.29, 0.717) is 6.04 Å². The van der Waals surface area contributed by atoms with Gasteiger partial charge in [-0.25, -0.2) is 0 Å². The van der Waals surface area contributed by atoms with Gasteiger partial charge in [0.15, 0.2) is 17.5 Å². The van der Waals surface area contributed by atoms with Gasteiger partial charge >= 0.3 is 0 Å². The Labute approximate surface area is 179 Å². The van der Waals surface area contributed by atoms with Crippen molar-refractivity contribution in [3.05, 3.63) is 23.8 Å². The van der Waals surface area contributed by atoms with Gasteiger partial charge in [-0.3, -0.25) is 9.89 Å². The van der Waals surface area contributed by atoms with Crippen LogP contribution in [0.1, 0.15) is 25.5 Å². The molecule has 0 saturated carbocycles. The third kappa shape index (κ3) is 7.00. The van der Waals surface area contributed by atoms with E-state index in [1.165, 1.54) is 5.56 Å². The molecule has 0 amide bonds. The van der Waals surface area contributed by atoms with E-state index in [0.717, 1.165) is 50.3 Å². The first-order valence-electron chi connectivity index (χ1n) is 9.10. The monoisotopic (exact) mass is 492 g/mol. The number of aliphatic imine (C=N–C) groups is 1. The van der Waals surface area contributed by atoms with Crippen LogP contribution in [0.25, 0.3) is 0 Å². The first kappa shape index (κ1) is 23.8. The van der Waals surface area contributed by atoms with E-state index in [2.05, 4.69) is 46.5 Å². The van der Waals surface area contributed by atoms with Crippen molar-refractivity contribution in [3.63, 3.8) is 0 Å². The minimum Gasteiger partial charge on any atom is -0.493 e. The number of guanidine groups is 1. The Balaban J connectivity index is 0.00000364. The summed E-state index contributed by atoms with van der Waals surface area (Å²) in [6, 6.07) is 6.62. The summed E-state index contributed by atoms with van der Waals surface area (Å²) in [6.07, 6.45) is 0. The molecule has 0 spiro atoms. The Morgan fingerprint density at radius 1 is 1.19 bits per heavy atom. The first-order chi connectivity index (χ1) is 12.6. The molecular weight excluding hydrogens is 459 g/mol. The summed E-state index contributed by atoms with van der Waals surface area (Å²) in [5.41, 5.74) is 1.18. The standard InChI is InChI=1S/C19H32N4O3.HI/c1-14(2)22-19(20-3)21-13-16(23-8-10-26-11-9-23)15-6-7-17(24-4)18(12-15)25-5;/h6-7,12,14,16H,8-11,13H2,1-5H3,(H2,20,21,22);1H. The molecule has 0 aliphatic carbocycles. The second-order valence-corrected chi connectivity index (χ2v) is 6.53. The molecule has 1 atom stereocenters. The largest absolute Gasteiger partial charge is 0.493 e. The summed E-state index contributed by atoms with van der Waals surface area (Å²) in [7, 11) is 5.11. The average molecular weight is 492 g/mol. The summed E-state index contributed by atoms with van der Waals surface area (Å²) in [6.45, 7) is 8.24. The fraction of sp³-hybridized carbons (Fsp3) is 0.632. The Kier molecular flexibility index (Phi) is 10.8. The van der Waals surface area contributed by atoms with Crippen LogP contribution in [0.3, 0.4) is 0 Å². The van der Waals surface area contributed by atoms with Gasteiger partial charge < -0.3 is 24.8 Å². The molecule has 8 heteroatoms. The molecule has 1 heterocycles. The van der Waals surface area contributed by atoms with Gasteiger partial charge in [0, 0.05) is 32.7 Å². The number of rotatable bonds is 7. The molecule has 1 aliphatic heterocycles. The lowest BCUT2D eigenvalue weighted by Crippen LogP contribution is -2.47. The molecule has 0 aromatic heterocycles. The molecular formula is C19H33IN4O3. The molecule has 1 saturated heterocycles. The normalized spacial score (nSPS) is 16.4. The van der Waals surface area contributed by atoms with Gasteiger partial charge in [0.1, 0.15) is 0 Å². The van der Waals surface area contributed by atoms with Crippen molar-refractivity contribution in [1.29, 1.82) is 0 Å². The lowest BCUT2D eigenvalue weighted by molar-refractivity contribution is 0.0169. The molecule has 0 radical (unpaired) electrons. The smallest absolute Gasteiger partial charge is 0.191 e. The predicted octanol–water partition coefficient (Wildman–Crippen LogP) is 2.27. The van der Waals surface area contributed by atoms with Crippen LogP contribution >= 0.6 is 24.0 Å². The van der Waals surface area contributed by atoms with Crippen molar-refractivity contribution in [1.82, 2.24) is 15.5 Å². The summed E-state index contributed by atoms with van der Waals surface area (Å²) in [5, 5.41) is 6.78. The predicted molar refractivity (Wildman–Crippen MR) is 120 cm³/mol. The number of hydrogen-bond acceptors (Lipinski definition) is 5. The fourth-order valence-corrected chi connectivity index (χ4v) is 3.07. The zero-order chi connectivity index (χ0) is 18.9. The van der Waals surface area contributed by atoms with E-state index in [-0.39, 0.29) is 30.0 Å². The van der Waals surface area contributed by atoms with Crippen LogP contribution in [-0.2, 0) is 4.74 Å². The van der Waals surface area contributed by atoms with E-state index >= 15 is 0 Å². The molecule has 1 unspecified atom stereocenters. The average Bonchev–Trinajstić information content (AvgIpc) is 2.67. The second kappa shape index (κ2) is 12.2. The van der Waals surface area contributed by atoms with Crippen molar-refractivity contribution >= 4 is 29.9 Å². The van der Waals surface area contributed by atoms with Gasteiger partial charge in [-0.2, -0.15) is 0 Å². The van der Waals surface area contributed by atoms with Gasteiger partial charge in [0.05, 0.1) is 33.5 Å². The molecule has 27 heavy (non-hydrogen) atoms. The number of benzene rings is 1. The van der Waals surface area contributed by atoms with Crippen LogP contribution < -0.4 is 20.1 Å². The van der Waals surface area contributed by atoms with Gasteiger partial charge in [-0.05, 0) is 31.5 Å². The molecule has 2 rings (SSSR count). The number of nitrogens with zero attached hydrogens (tertiary/aromatic N) is 2. The minimum atomic E-state index is 0. The molecule has 0 bridgehead atoms. The number of ether oxygens (including phenoxy) is 3. The van der Waals surface area contributed by atoms with Gasteiger partial charge in [0.2, 0.25) is 0 Å². The summed E-state index contributed by atoms with van der Waals surface area (Å²) >= 11 is 0.